The van der Waals surface area contributed by atoms with Gasteiger partial charge in [-0.3, -0.25) is 0 Å². The number of hydrogen-bond acceptors (Lipinski definition) is 2. The molecule has 0 amide bonds. The van der Waals surface area contributed by atoms with E-state index in [9.17, 15) is 4.39 Å². The maximum atomic E-state index is 13.5. The van der Waals surface area contributed by atoms with Crippen LogP contribution in [0, 0.1) is 11.7 Å². The van der Waals surface area contributed by atoms with Crippen molar-refractivity contribution < 1.29 is 9.13 Å². The number of hydrogen-bond donors (Lipinski definition) is 1. The summed E-state index contributed by atoms with van der Waals surface area (Å²) in [5, 5.41) is 3.53. The van der Waals surface area contributed by atoms with Gasteiger partial charge < -0.3 is 10.1 Å². The second-order valence-corrected chi connectivity index (χ2v) is 5.67. The first-order chi connectivity index (χ1) is 9.81. The highest BCUT2D eigenvalue weighted by molar-refractivity contribution is 5.16. The third-order valence-corrected chi connectivity index (χ3v) is 4.20. The molecule has 20 heavy (non-hydrogen) atoms. The molecule has 1 N–H and O–H groups in total. The lowest BCUT2D eigenvalue weighted by atomic mass is 9.84. The first kappa shape index (κ1) is 15.5. The van der Waals surface area contributed by atoms with E-state index >= 15 is 0 Å². The summed E-state index contributed by atoms with van der Waals surface area (Å²) in [6, 6.07) is 7.25. The molecule has 2 nitrogen and oxygen atoms in total. The van der Waals surface area contributed by atoms with Gasteiger partial charge in [-0.25, -0.2) is 4.39 Å². The predicted molar refractivity (Wildman–Crippen MR) is 80.1 cm³/mol. The van der Waals surface area contributed by atoms with Gasteiger partial charge in [-0.1, -0.05) is 44.4 Å². The SMILES string of the molecule is CCNC(COCc1ccccc1F)C1CCCCC1. The van der Waals surface area contributed by atoms with Crippen LogP contribution in [0.4, 0.5) is 4.39 Å². The molecule has 0 spiro atoms. The van der Waals surface area contributed by atoms with Crippen molar-refractivity contribution >= 4 is 0 Å². The molecule has 1 aliphatic carbocycles. The molecule has 1 saturated carbocycles. The minimum atomic E-state index is -0.176. The normalized spacial score (nSPS) is 18.1. The molecule has 0 radical (unpaired) electrons. The largest absolute Gasteiger partial charge is 0.375 e. The molecule has 1 aromatic rings. The van der Waals surface area contributed by atoms with E-state index in [-0.39, 0.29) is 5.82 Å². The number of ether oxygens (including phenoxy) is 1. The zero-order valence-electron chi connectivity index (χ0n) is 12.4. The van der Waals surface area contributed by atoms with Crippen molar-refractivity contribution in [2.45, 2.75) is 51.7 Å². The Morgan fingerprint density at radius 2 is 2.00 bits per heavy atom. The summed E-state index contributed by atoms with van der Waals surface area (Å²) in [7, 11) is 0. The Bertz CT molecular complexity index is 390. The van der Waals surface area contributed by atoms with Crippen LogP contribution < -0.4 is 5.32 Å². The van der Waals surface area contributed by atoms with Gasteiger partial charge >= 0.3 is 0 Å². The highest BCUT2D eigenvalue weighted by Gasteiger charge is 2.23. The van der Waals surface area contributed by atoms with Crippen molar-refractivity contribution in [2.75, 3.05) is 13.2 Å². The predicted octanol–water partition coefficient (Wildman–Crippen LogP) is 3.90. The van der Waals surface area contributed by atoms with Gasteiger partial charge in [0.1, 0.15) is 5.82 Å². The third kappa shape index (κ3) is 4.57. The van der Waals surface area contributed by atoms with Crippen molar-refractivity contribution in [2.24, 2.45) is 5.92 Å². The van der Waals surface area contributed by atoms with Gasteiger partial charge in [-0.2, -0.15) is 0 Å². The van der Waals surface area contributed by atoms with E-state index in [1.54, 1.807) is 12.1 Å². The van der Waals surface area contributed by atoms with Crippen molar-refractivity contribution in [1.82, 2.24) is 5.32 Å². The maximum absolute atomic E-state index is 13.5. The van der Waals surface area contributed by atoms with Crippen LogP contribution in [-0.2, 0) is 11.3 Å². The average molecular weight is 279 g/mol. The summed E-state index contributed by atoms with van der Waals surface area (Å²) < 4.78 is 19.3. The molecule has 0 saturated heterocycles. The first-order valence-corrected chi connectivity index (χ1v) is 7.85. The minimum absolute atomic E-state index is 0.176. The Balaban J connectivity index is 1.81. The lowest BCUT2D eigenvalue weighted by Crippen LogP contribution is -2.40. The Labute approximate surface area is 121 Å². The fourth-order valence-electron chi connectivity index (χ4n) is 3.07. The molecule has 0 aliphatic heterocycles. The fourth-order valence-corrected chi connectivity index (χ4v) is 3.07. The molecular weight excluding hydrogens is 253 g/mol. The second kappa shape index (κ2) is 8.38. The van der Waals surface area contributed by atoms with Crippen LogP contribution in [0.15, 0.2) is 24.3 Å². The summed E-state index contributed by atoms with van der Waals surface area (Å²) in [5.74, 6) is 0.537. The van der Waals surface area contributed by atoms with Crippen LogP contribution in [0.5, 0.6) is 0 Å². The Morgan fingerprint density at radius 3 is 2.70 bits per heavy atom. The minimum Gasteiger partial charge on any atom is -0.375 e. The quantitative estimate of drug-likeness (QED) is 0.817. The van der Waals surface area contributed by atoms with E-state index in [0.29, 0.717) is 30.7 Å². The van der Waals surface area contributed by atoms with Gasteiger partial charge in [0.05, 0.1) is 13.2 Å². The standard InChI is InChI=1S/C17H26FNO/c1-2-19-17(14-8-4-3-5-9-14)13-20-12-15-10-6-7-11-16(15)18/h6-7,10-11,14,17,19H,2-5,8-9,12-13H2,1H3. The van der Waals surface area contributed by atoms with Gasteiger partial charge in [0, 0.05) is 11.6 Å². The molecule has 0 bridgehead atoms. The zero-order chi connectivity index (χ0) is 14.2. The van der Waals surface area contributed by atoms with E-state index in [2.05, 4.69) is 12.2 Å². The van der Waals surface area contributed by atoms with Crippen LogP contribution in [0.2, 0.25) is 0 Å². The van der Waals surface area contributed by atoms with Crippen molar-refractivity contribution in [3.8, 4) is 0 Å². The summed E-state index contributed by atoms with van der Waals surface area (Å²) in [6.45, 7) is 4.13. The van der Waals surface area contributed by atoms with E-state index in [0.717, 1.165) is 6.54 Å². The topological polar surface area (TPSA) is 21.3 Å². The number of nitrogens with one attached hydrogen (secondary N) is 1. The van der Waals surface area contributed by atoms with Gasteiger partial charge in [-0.05, 0) is 31.4 Å². The Morgan fingerprint density at radius 1 is 1.25 bits per heavy atom. The number of rotatable bonds is 7. The molecule has 0 heterocycles. The molecule has 1 aliphatic rings. The van der Waals surface area contributed by atoms with E-state index in [1.807, 2.05) is 6.07 Å². The molecular formula is C17H26FNO. The Hall–Kier alpha value is -0.930. The number of likely N-dealkylation sites (N-methyl/N-ethyl adjacent to an activating group) is 1. The van der Waals surface area contributed by atoms with Crippen LogP contribution in [0.1, 0.15) is 44.6 Å². The van der Waals surface area contributed by atoms with Crippen LogP contribution in [-0.4, -0.2) is 19.2 Å². The average Bonchev–Trinajstić information content (AvgIpc) is 2.49. The summed E-state index contributed by atoms with van der Waals surface area (Å²) in [6.07, 6.45) is 6.62. The van der Waals surface area contributed by atoms with Gasteiger partial charge in [0.15, 0.2) is 0 Å². The van der Waals surface area contributed by atoms with E-state index in [4.69, 9.17) is 4.74 Å². The summed E-state index contributed by atoms with van der Waals surface area (Å²) >= 11 is 0. The van der Waals surface area contributed by atoms with Crippen molar-refractivity contribution in [1.29, 1.82) is 0 Å². The van der Waals surface area contributed by atoms with Crippen LogP contribution >= 0.6 is 0 Å². The van der Waals surface area contributed by atoms with Gasteiger partial charge in [-0.15, -0.1) is 0 Å². The molecule has 1 fully saturated rings. The van der Waals surface area contributed by atoms with Gasteiger partial charge in [0.25, 0.3) is 0 Å². The molecule has 3 heteroatoms. The molecule has 1 aromatic carbocycles. The van der Waals surface area contributed by atoms with Crippen molar-refractivity contribution in [3.05, 3.63) is 35.6 Å². The smallest absolute Gasteiger partial charge is 0.128 e. The van der Waals surface area contributed by atoms with Crippen LogP contribution in [0.25, 0.3) is 0 Å². The van der Waals surface area contributed by atoms with Crippen LogP contribution in [0.3, 0.4) is 0 Å². The monoisotopic (exact) mass is 279 g/mol. The molecule has 1 unspecified atom stereocenters. The van der Waals surface area contributed by atoms with Crippen molar-refractivity contribution in [3.63, 3.8) is 0 Å². The summed E-state index contributed by atoms with van der Waals surface area (Å²) in [5.41, 5.74) is 0.645. The summed E-state index contributed by atoms with van der Waals surface area (Å²) in [4.78, 5) is 0. The Kier molecular flexibility index (Phi) is 6.48. The second-order valence-electron chi connectivity index (χ2n) is 5.67. The van der Waals surface area contributed by atoms with E-state index in [1.165, 1.54) is 38.2 Å². The number of halogens is 1. The lowest BCUT2D eigenvalue weighted by Gasteiger charge is -2.30. The third-order valence-electron chi connectivity index (χ3n) is 4.20. The lowest BCUT2D eigenvalue weighted by molar-refractivity contribution is 0.0728. The molecule has 112 valence electrons. The first-order valence-electron chi connectivity index (χ1n) is 7.85. The highest BCUT2D eigenvalue weighted by Crippen LogP contribution is 2.26. The number of benzene rings is 1. The van der Waals surface area contributed by atoms with E-state index < -0.39 is 0 Å². The molecule has 0 aromatic heterocycles. The van der Waals surface area contributed by atoms with Gasteiger partial charge in [0.2, 0.25) is 0 Å². The maximum Gasteiger partial charge on any atom is 0.128 e. The zero-order valence-corrected chi connectivity index (χ0v) is 12.4. The molecule has 2 rings (SSSR count). The molecule has 1 atom stereocenters. The highest BCUT2D eigenvalue weighted by atomic mass is 19.1. The fraction of sp³-hybridized carbons (Fsp3) is 0.647.